The lowest BCUT2D eigenvalue weighted by Crippen LogP contribution is -2.16. The van der Waals surface area contributed by atoms with Gasteiger partial charge in [-0.1, -0.05) is 6.08 Å². The number of amidine groups is 1. The first-order valence-corrected chi connectivity index (χ1v) is 10.00. The molecule has 1 unspecified atom stereocenters. The Morgan fingerprint density at radius 3 is 3.00 bits per heavy atom. The van der Waals surface area contributed by atoms with E-state index in [1.54, 1.807) is 18.5 Å². The number of H-pyrrole nitrogens is 1. The topological polar surface area (TPSA) is 106 Å². The van der Waals surface area contributed by atoms with Crippen molar-refractivity contribution in [1.29, 1.82) is 0 Å². The van der Waals surface area contributed by atoms with Gasteiger partial charge < -0.3 is 11.5 Å². The molecule has 0 radical (unpaired) electrons. The number of thiazole rings is 1. The maximum absolute atomic E-state index is 13.9. The summed E-state index contributed by atoms with van der Waals surface area (Å²) in [5.41, 5.74) is 16.0. The maximum atomic E-state index is 13.9. The molecule has 3 aromatic rings. The molecule has 2 aromatic heterocycles. The van der Waals surface area contributed by atoms with Gasteiger partial charge in [0, 0.05) is 22.7 Å². The Bertz CT molecular complexity index is 1020. The summed E-state index contributed by atoms with van der Waals surface area (Å²) in [4.78, 5) is 9.09. The Labute approximate surface area is 166 Å². The Morgan fingerprint density at radius 2 is 2.29 bits per heavy atom. The predicted molar refractivity (Wildman–Crippen MR) is 111 cm³/mol. The summed E-state index contributed by atoms with van der Waals surface area (Å²) in [6.07, 6.45) is 8.38. The van der Waals surface area contributed by atoms with Crippen LogP contribution in [0.5, 0.6) is 0 Å². The standard InChI is InChI=1S/C20H21FN6S/c21-15-5-6-17(16(7-15)13-3-1-12(8-22)2-4-13)26-19(23)18-11-28-20(27-18)14-9-24-25-10-14/h3,5-7,9-12H,1-2,4,8,22H2,(H2,23,26)(H,24,25). The van der Waals surface area contributed by atoms with Gasteiger partial charge in [0.1, 0.15) is 16.5 Å². The Morgan fingerprint density at radius 1 is 1.39 bits per heavy atom. The monoisotopic (exact) mass is 396 g/mol. The molecule has 0 bridgehead atoms. The third-order valence-electron chi connectivity index (χ3n) is 4.91. The van der Waals surface area contributed by atoms with E-state index < -0.39 is 0 Å². The van der Waals surface area contributed by atoms with E-state index in [0.29, 0.717) is 29.7 Å². The normalized spacial score (nSPS) is 17.6. The van der Waals surface area contributed by atoms with Crippen LogP contribution in [-0.2, 0) is 0 Å². The lowest BCUT2D eigenvalue weighted by Gasteiger charge is -2.21. The Balaban J connectivity index is 1.65. The van der Waals surface area contributed by atoms with Gasteiger partial charge in [0.05, 0.1) is 11.9 Å². The van der Waals surface area contributed by atoms with Crippen molar-refractivity contribution >= 4 is 28.4 Å². The summed E-state index contributed by atoms with van der Waals surface area (Å²) in [5.74, 6) is 0.506. The van der Waals surface area contributed by atoms with Gasteiger partial charge in [-0.2, -0.15) is 5.10 Å². The number of halogens is 1. The minimum absolute atomic E-state index is 0.287. The second kappa shape index (κ2) is 8.04. The van der Waals surface area contributed by atoms with Crippen LogP contribution in [-0.4, -0.2) is 27.6 Å². The number of hydrogen-bond acceptors (Lipinski definition) is 5. The van der Waals surface area contributed by atoms with Crippen LogP contribution < -0.4 is 11.5 Å². The van der Waals surface area contributed by atoms with Crippen molar-refractivity contribution in [3.8, 4) is 10.6 Å². The van der Waals surface area contributed by atoms with Crippen molar-refractivity contribution in [1.82, 2.24) is 15.2 Å². The molecule has 6 nitrogen and oxygen atoms in total. The summed E-state index contributed by atoms with van der Waals surface area (Å²) >= 11 is 1.47. The van der Waals surface area contributed by atoms with E-state index in [2.05, 4.69) is 26.2 Å². The number of aromatic nitrogens is 3. The van der Waals surface area contributed by atoms with Crippen LogP contribution in [0.2, 0.25) is 0 Å². The fourth-order valence-electron chi connectivity index (χ4n) is 3.29. The SMILES string of the molecule is NCC1CC=C(c2cc(F)ccc2N=C(N)c2csc(-c3cn[nH]c3)n2)CC1. The second-order valence-electron chi connectivity index (χ2n) is 6.79. The molecule has 4 rings (SSSR count). The molecule has 0 saturated carbocycles. The van der Waals surface area contributed by atoms with E-state index in [9.17, 15) is 4.39 Å². The maximum Gasteiger partial charge on any atom is 0.150 e. The summed E-state index contributed by atoms with van der Waals surface area (Å²) in [7, 11) is 0. The summed E-state index contributed by atoms with van der Waals surface area (Å²) in [6, 6.07) is 4.59. The molecule has 1 aromatic carbocycles. The molecule has 5 N–H and O–H groups in total. The number of hydrogen-bond donors (Lipinski definition) is 3. The van der Waals surface area contributed by atoms with Crippen LogP contribution in [0.25, 0.3) is 16.1 Å². The van der Waals surface area contributed by atoms with Crippen LogP contribution in [0.4, 0.5) is 10.1 Å². The third kappa shape index (κ3) is 3.88. The van der Waals surface area contributed by atoms with Crippen LogP contribution in [0.1, 0.15) is 30.5 Å². The molecular weight excluding hydrogens is 375 g/mol. The highest BCUT2D eigenvalue weighted by molar-refractivity contribution is 7.13. The molecule has 1 aliphatic carbocycles. The van der Waals surface area contributed by atoms with Crippen molar-refractivity contribution in [2.75, 3.05) is 6.54 Å². The van der Waals surface area contributed by atoms with E-state index in [1.165, 1.54) is 23.5 Å². The van der Waals surface area contributed by atoms with Crippen LogP contribution in [0.15, 0.2) is 47.0 Å². The van der Waals surface area contributed by atoms with Crippen LogP contribution in [0.3, 0.4) is 0 Å². The van der Waals surface area contributed by atoms with Gasteiger partial charge in [-0.3, -0.25) is 5.10 Å². The molecule has 28 heavy (non-hydrogen) atoms. The van der Waals surface area contributed by atoms with E-state index in [-0.39, 0.29) is 5.82 Å². The number of benzene rings is 1. The van der Waals surface area contributed by atoms with Gasteiger partial charge in [0.25, 0.3) is 0 Å². The van der Waals surface area contributed by atoms with E-state index >= 15 is 0 Å². The first-order valence-electron chi connectivity index (χ1n) is 9.12. The van der Waals surface area contributed by atoms with Gasteiger partial charge in [-0.25, -0.2) is 14.4 Å². The number of nitrogens with one attached hydrogen (secondary N) is 1. The number of nitrogens with zero attached hydrogens (tertiary/aromatic N) is 3. The molecule has 2 heterocycles. The second-order valence-corrected chi connectivity index (χ2v) is 7.65. The smallest absolute Gasteiger partial charge is 0.150 e. The molecule has 0 amide bonds. The van der Waals surface area contributed by atoms with Crippen molar-refractivity contribution in [2.24, 2.45) is 22.4 Å². The minimum Gasteiger partial charge on any atom is -0.382 e. The molecule has 0 fully saturated rings. The number of aliphatic imine (C=N–C) groups is 1. The zero-order valence-electron chi connectivity index (χ0n) is 15.2. The summed E-state index contributed by atoms with van der Waals surface area (Å²) in [6.45, 7) is 0.674. The fraction of sp³-hybridized carbons (Fsp3) is 0.250. The van der Waals surface area contributed by atoms with Crippen molar-refractivity contribution in [3.05, 3.63) is 59.1 Å². The van der Waals surface area contributed by atoms with Crippen molar-refractivity contribution < 1.29 is 4.39 Å². The number of allylic oxidation sites excluding steroid dienone is 2. The summed E-state index contributed by atoms with van der Waals surface area (Å²) < 4.78 is 13.9. The molecule has 0 aliphatic heterocycles. The lowest BCUT2D eigenvalue weighted by atomic mass is 9.86. The zero-order chi connectivity index (χ0) is 19.5. The highest BCUT2D eigenvalue weighted by Gasteiger charge is 2.17. The largest absolute Gasteiger partial charge is 0.382 e. The molecular formula is C20H21FN6S. The fourth-order valence-corrected chi connectivity index (χ4v) is 4.08. The number of aromatic amines is 1. The minimum atomic E-state index is -0.287. The highest BCUT2D eigenvalue weighted by Crippen LogP contribution is 2.35. The van der Waals surface area contributed by atoms with Crippen LogP contribution >= 0.6 is 11.3 Å². The molecule has 144 valence electrons. The van der Waals surface area contributed by atoms with E-state index in [4.69, 9.17) is 11.5 Å². The quantitative estimate of drug-likeness (QED) is 0.450. The van der Waals surface area contributed by atoms with Gasteiger partial charge in [0.2, 0.25) is 0 Å². The average molecular weight is 396 g/mol. The van der Waals surface area contributed by atoms with Gasteiger partial charge >= 0.3 is 0 Å². The van der Waals surface area contributed by atoms with E-state index in [1.807, 2.05) is 5.38 Å². The van der Waals surface area contributed by atoms with E-state index in [0.717, 1.165) is 41.0 Å². The predicted octanol–water partition coefficient (Wildman–Crippen LogP) is 3.85. The summed E-state index contributed by atoms with van der Waals surface area (Å²) in [5, 5.41) is 9.37. The van der Waals surface area contributed by atoms with Gasteiger partial charge in [-0.05, 0) is 55.5 Å². The first-order chi connectivity index (χ1) is 13.6. The van der Waals surface area contributed by atoms with Gasteiger partial charge in [-0.15, -0.1) is 11.3 Å². The molecule has 0 spiro atoms. The molecule has 0 saturated heterocycles. The molecule has 8 heteroatoms. The molecule has 1 atom stereocenters. The Hall–Kier alpha value is -2.84. The van der Waals surface area contributed by atoms with Crippen LogP contribution in [0, 0.1) is 11.7 Å². The van der Waals surface area contributed by atoms with Crippen molar-refractivity contribution in [3.63, 3.8) is 0 Å². The number of nitrogens with two attached hydrogens (primary N) is 2. The average Bonchev–Trinajstić information content (AvgIpc) is 3.41. The number of rotatable bonds is 5. The van der Waals surface area contributed by atoms with Gasteiger partial charge in [0.15, 0.2) is 5.84 Å². The third-order valence-corrected chi connectivity index (χ3v) is 5.80. The highest BCUT2D eigenvalue weighted by atomic mass is 32.1. The zero-order valence-corrected chi connectivity index (χ0v) is 16.0. The molecule has 1 aliphatic rings. The first kappa shape index (κ1) is 18.5. The Kier molecular flexibility index (Phi) is 5.31. The lowest BCUT2D eigenvalue weighted by molar-refractivity contribution is 0.497. The van der Waals surface area contributed by atoms with Crippen molar-refractivity contribution in [2.45, 2.75) is 19.3 Å².